The molecule has 4 aliphatic rings. The van der Waals surface area contributed by atoms with Crippen LogP contribution in [0.5, 0.6) is 11.5 Å². The molecule has 3 fully saturated rings. The minimum atomic E-state index is -4.64. The predicted octanol–water partition coefficient (Wildman–Crippen LogP) is 5.93. The van der Waals surface area contributed by atoms with Crippen molar-refractivity contribution in [2.75, 3.05) is 20.7 Å². The number of nitrogens with zero attached hydrogens (tertiary/aromatic N) is 3. The van der Waals surface area contributed by atoms with Crippen LogP contribution in [0.15, 0.2) is 35.7 Å². The van der Waals surface area contributed by atoms with Crippen LogP contribution in [0.2, 0.25) is 0 Å². The van der Waals surface area contributed by atoms with E-state index in [1.807, 2.05) is 12.2 Å². The van der Waals surface area contributed by atoms with Crippen molar-refractivity contribution < 1.29 is 45.4 Å². The van der Waals surface area contributed by atoms with Crippen molar-refractivity contribution in [2.45, 2.75) is 94.2 Å². The Bertz CT molecular complexity index is 2170. The zero-order valence-corrected chi connectivity index (χ0v) is 32.6. The quantitative estimate of drug-likeness (QED) is 0.277. The summed E-state index contributed by atoms with van der Waals surface area (Å²) >= 11 is 0.802. The number of hydrogen-bond donors (Lipinski definition) is 2. The Hall–Kier alpha value is -4.25. The molecule has 0 unspecified atom stereocenters. The van der Waals surface area contributed by atoms with Gasteiger partial charge in [0.2, 0.25) is 21.8 Å². The van der Waals surface area contributed by atoms with E-state index in [9.17, 15) is 36.0 Å². The van der Waals surface area contributed by atoms with Gasteiger partial charge in [0.25, 0.3) is 5.91 Å². The van der Waals surface area contributed by atoms with Crippen LogP contribution in [0.25, 0.3) is 21.6 Å². The number of halogens is 3. The number of carbonyl (C=O) groups is 3. The lowest BCUT2D eigenvalue weighted by Crippen LogP contribution is -2.56. The molecule has 17 heteroatoms. The average molecular weight is 804 g/mol. The number of sulfonamides is 1. The summed E-state index contributed by atoms with van der Waals surface area (Å²) in [5.41, 5.74) is -1.30. The van der Waals surface area contributed by atoms with Crippen LogP contribution in [-0.4, -0.2) is 78.1 Å². The molecule has 2 N–H and O–H groups in total. The Labute approximate surface area is 321 Å². The highest BCUT2D eigenvalue weighted by Gasteiger charge is 2.63. The summed E-state index contributed by atoms with van der Waals surface area (Å²) in [5.74, 6) is -2.83. The first-order valence-corrected chi connectivity index (χ1v) is 20.8. The molecule has 0 radical (unpaired) electrons. The van der Waals surface area contributed by atoms with E-state index in [1.54, 1.807) is 37.9 Å². The molecule has 3 amide bonds. The van der Waals surface area contributed by atoms with Crippen LogP contribution in [0.4, 0.5) is 13.2 Å². The van der Waals surface area contributed by atoms with E-state index in [1.165, 1.54) is 13.2 Å². The summed E-state index contributed by atoms with van der Waals surface area (Å²) in [4.78, 5) is 52.3. The predicted molar refractivity (Wildman–Crippen MR) is 199 cm³/mol. The lowest BCUT2D eigenvalue weighted by atomic mass is 9.76. The van der Waals surface area contributed by atoms with Crippen LogP contribution in [0, 0.1) is 24.7 Å². The number of aryl methyl sites for hydroxylation is 1. The maximum atomic E-state index is 14.4. The molecule has 0 bridgehead atoms. The fourth-order valence-electron chi connectivity index (χ4n) is 7.67. The number of pyridine rings is 1. The van der Waals surface area contributed by atoms with Gasteiger partial charge in [-0.25, -0.2) is 18.4 Å². The number of rotatable bonds is 7. The number of hydrogen-bond acceptors (Lipinski definition) is 10. The van der Waals surface area contributed by atoms with Crippen LogP contribution < -0.4 is 19.5 Å². The molecule has 1 aliphatic heterocycles. The zero-order valence-electron chi connectivity index (χ0n) is 31.0. The fraction of sp³-hybridized carbons (Fsp3) is 0.553. The summed E-state index contributed by atoms with van der Waals surface area (Å²) < 4.78 is 80.1. The number of ether oxygens (including phenoxy) is 2. The second kappa shape index (κ2) is 14.4. The number of carbonyl (C=O) groups excluding carboxylic acids is 3. The third-order valence-electron chi connectivity index (χ3n) is 11.6. The summed E-state index contributed by atoms with van der Waals surface area (Å²) in [5, 5.41) is 4.45. The smallest absolute Gasteiger partial charge is 0.434 e. The SMILES string of the molecule is COc1ccc2c(O[C@H]3CC[C@H]4C(=O)N(C)CCCC/C=C\[C@H]5C[C@]5(C(=O)NS(=O)(=O)C5(C)CC5)NC(=O)[C@@H]4C3)cc(-c3nc(C(F)(F)F)cs3)nc2c1C. The van der Waals surface area contributed by atoms with Gasteiger partial charge in [0, 0.05) is 47.8 Å². The Morgan fingerprint density at radius 1 is 1.11 bits per heavy atom. The molecule has 3 aliphatic carbocycles. The van der Waals surface area contributed by atoms with Crippen molar-refractivity contribution in [1.29, 1.82) is 0 Å². The van der Waals surface area contributed by atoms with Gasteiger partial charge in [-0.15, -0.1) is 11.3 Å². The lowest BCUT2D eigenvalue weighted by Gasteiger charge is -2.37. The van der Waals surface area contributed by atoms with Gasteiger partial charge in [-0.3, -0.25) is 19.1 Å². The van der Waals surface area contributed by atoms with Crippen molar-refractivity contribution in [3.8, 4) is 22.2 Å². The second-order valence-electron chi connectivity index (χ2n) is 15.4. The molecule has 55 heavy (non-hydrogen) atoms. The standard InChI is InChI=1S/C38H44F3N5O7S2/c1-21-28(52-4)13-12-25-29(18-27(42-31(21)25)33-43-30(20-54-33)38(39,40)41)53-23-10-11-24-26(17-23)32(47)44-37(35(49)45-55(50,51)36(2)14-15-36)19-22(37)9-7-5-6-8-16-46(3)34(24)48/h7,9,12-13,18,20,22-24,26H,5-6,8,10-11,14-17,19H2,1-4H3,(H,44,47)(H,45,49)/b9-7-/t22-,23-,24+,26+,37-/m0/s1. The zero-order chi connectivity index (χ0) is 39.5. The monoisotopic (exact) mass is 803 g/mol. The van der Waals surface area contributed by atoms with Gasteiger partial charge in [-0.1, -0.05) is 12.2 Å². The highest BCUT2D eigenvalue weighted by Crippen LogP contribution is 2.48. The summed E-state index contributed by atoms with van der Waals surface area (Å²) in [7, 11) is -0.782. The highest BCUT2D eigenvalue weighted by molar-refractivity contribution is 7.91. The summed E-state index contributed by atoms with van der Waals surface area (Å²) in [6.45, 7) is 3.86. The van der Waals surface area contributed by atoms with Gasteiger partial charge in [0.05, 0.1) is 29.4 Å². The van der Waals surface area contributed by atoms with E-state index in [-0.39, 0.29) is 35.9 Å². The van der Waals surface area contributed by atoms with Gasteiger partial charge in [0.1, 0.15) is 27.7 Å². The van der Waals surface area contributed by atoms with Gasteiger partial charge >= 0.3 is 6.18 Å². The lowest BCUT2D eigenvalue weighted by molar-refractivity contribution is -0.145. The Kier molecular flexibility index (Phi) is 10.2. The van der Waals surface area contributed by atoms with Gasteiger partial charge in [0.15, 0.2) is 5.69 Å². The molecule has 0 spiro atoms. The first-order valence-electron chi connectivity index (χ1n) is 18.4. The second-order valence-corrected chi connectivity index (χ2v) is 18.5. The third kappa shape index (κ3) is 7.53. The molecular formula is C38H44F3N5O7S2. The van der Waals surface area contributed by atoms with E-state index in [4.69, 9.17) is 9.47 Å². The van der Waals surface area contributed by atoms with Crippen LogP contribution in [0.1, 0.15) is 76.0 Å². The number of aromatic nitrogens is 2. The van der Waals surface area contributed by atoms with Gasteiger partial charge in [-0.05, 0) is 83.8 Å². The molecule has 7 rings (SSSR count). The molecule has 1 aromatic carbocycles. The molecule has 5 atom stereocenters. The normalized spacial score (nSPS) is 27.6. The van der Waals surface area contributed by atoms with Crippen molar-refractivity contribution in [3.05, 3.63) is 47.0 Å². The molecule has 3 saturated carbocycles. The number of nitrogens with one attached hydrogen (secondary N) is 2. The van der Waals surface area contributed by atoms with E-state index < -0.39 is 67.9 Å². The molecular weight excluding hydrogens is 760 g/mol. The van der Waals surface area contributed by atoms with Crippen LogP contribution in [0.3, 0.4) is 0 Å². The van der Waals surface area contributed by atoms with Crippen LogP contribution in [-0.2, 0) is 30.6 Å². The first-order chi connectivity index (χ1) is 26.0. The maximum Gasteiger partial charge on any atom is 0.434 e. The van der Waals surface area contributed by atoms with E-state index in [0.717, 1.165) is 29.6 Å². The molecule has 296 valence electrons. The fourth-order valence-corrected chi connectivity index (χ4v) is 9.77. The Balaban J connectivity index is 1.21. The largest absolute Gasteiger partial charge is 0.496 e. The highest BCUT2D eigenvalue weighted by atomic mass is 32.2. The number of benzene rings is 1. The van der Waals surface area contributed by atoms with E-state index in [2.05, 4.69) is 20.0 Å². The first kappa shape index (κ1) is 39.0. The number of amides is 3. The summed E-state index contributed by atoms with van der Waals surface area (Å²) in [6.07, 6.45) is 2.58. The Morgan fingerprint density at radius 3 is 2.56 bits per heavy atom. The minimum absolute atomic E-state index is 0.0401. The topological polar surface area (TPSA) is 157 Å². The average Bonchev–Trinajstić information content (AvgIpc) is 3.99. The van der Waals surface area contributed by atoms with Crippen LogP contribution >= 0.6 is 11.3 Å². The molecule has 0 saturated heterocycles. The molecule has 2 aromatic heterocycles. The van der Waals surface area contributed by atoms with E-state index in [0.29, 0.717) is 60.2 Å². The maximum absolute atomic E-state index is 14.4. The van der Waals surface area contributed by atoms with E-state index >= 15 is 0 Å². The molecule has 12 nitrogen and oxygen atoms in total. The van der Waals surface area contributed by atoms with Crippen molar-refractivity contribution in [2.24, 2.45) is 17.8 Å². The Morgan fingerprint density at radius 2 is 1.87 bits per heavy atom. The number of fused-ring (bicyclic) bond motifs is 3. The molecule has 3 heterocycles. The number of allylic oxidation sites excluding steroid dienone is 1. The van der Waals surface area contributed by atoms with Gasteiger partial charge in [-0.2, -0.15) is 13.2 Å². The number of thiazole rings is 1. The minimum Gasteiger partial charge on any atom is -0.496 e. The third-order valence-corrected chi connectivity index (χ3v) is 14.6. The van der Waals surface area contributed by atoms with Crippen molar-refractivity contribution in [1.82, 2.24) is 24.9 Å². The summed E-state index contributed by atoms with van der Waals surface area (Å²) in [6, 6.07) is 5.02. The number of alkyl halides is 3. The van der Waals surface area contributed by atoms with Crippen molar-refractivity contribution in [3.63, 3.8) is 0 Å². The number of methoxy groups -OCH3 is 1. The van der Waals surface area contributed by atoms with Gasteiger partial charge < -0.3 is 19.7 Å². The molecule has 3 aromatic rings. The van der Waals surface area contributed by atoms with Crippen molar-refractivity contribution >= 4 is 50.0 Å².